The van der Waals surface area contributed by atoms with Crippen molar-refractivity contribution in [2.75, 3.05) is 5.32 Å². The number of nitrogens with zero attached hydrogens (tertiary/aromatic N) is 4. The Bertz CT molecular complexity index is 1130. The average Bonchev–Trinajstić information content (AvgIpc) is 3.26. The van der Waals surface area contributed by atoms with Crippen molar-refractivity contribution in [2.24, 2.45) is 14.1 Å². The van der Waals surface area contributed by atoms with E-state index in [-0.39, 0.29) is 17.8 Å². The minimum atomic E-state index is -0.434. The summed E-state index contributed by atoms with van der Waals surface area (Å²) in [7, 11) is 2.98. The number of amides is 1. The summed E-state index contributed by atoms with van der Waals surface area (Å²) in [6.45, 7) is 0. The van der Waals surface area contributed by atoms with Crippen molar-refractivity contribution in [3.63, 3.8) is 0 Å². The van der Waals surface area contributed by atoms with Crippen LogP contribution in [0.15, 0.2) is 9.59 Å². The molecular formula is C17H20N6O3S. The molecule has 3 aromatic heterocycles. The Hall–Kier alpha value is -2.75. The Morgan fingerprint density at radius 1 is 1.19 bits per heavy atom. The van der Waals surface area contributed by atoms with Crippen molar-refractivity contribution in [2.45, 2.75) is 38.5 Å². The molecule has 0 spiro atoms. The second-order valence-electron chi connectivity index (χ2n) is 6.73. The highest BCUT2D eigenvalue weighted by Crippen LogP contribution is 2.29. The van der Waals surface area contributed by atoms with Crippen LogP contribution in [0.5, 0.6) is 0 Å². The molecule has 4 rings (SSSR count). The topological polar surface area (TPSA) is 115 Å². The monoisotopic (exact) mass is 388 g/mol. The lowest BCUT2D eigenvalue weighted by molar-refractivity contribution is -0.116. The van der Waals surface area contributed by atoms with Gasteiger partial charge < -0.3 is 10.3 Å². The van der Waals surface area contributed by atoms with Crippen LogP contribution < -0.4 is 16.6 Å². The maximum absolute atomic E-state index is 12.2. The predicted octanol–water partition coefficient (Wildman–Crippen LogP) is 0.867. The maximum atomic E-state index is 12.2. The Balaban J connectivity index is 1.47. The minimum Gasteiger partial charge on any atom is -0.336 e. The number of aromatic nitrogens is 5. The maximum Gasteiger partial charge on any atom is 0.332 e. The molecule has 0 aromatic carbocycles. The number of hydrogen-bond acceptors (Lipinski definition) is 6. The molecule has 0 saturated heterocycles. The molecule has 0 aliphatic heterocycles. The summed E-state index contributed by atoms with van der Waals surface area (Å²) in [5.41, 5.74) is 0.810. The van der Waals surface area contributed by atoms with E-state index in [0.29, 0.717) is 23.0 Å². The second-order valence-corrected chi connectivity index (χ2v) is 7.82. The van der Waals surface area contributed by atoms with Crippen molar-refractivity contribution in [3.05, 3.63) is 37.2 Å². The van der Waals surface area contributed by atoms with Crippen molar-refractivity contribution in [1.82, 2.24) is 24.1 Å². The third-order valence-electron chi connectivity index (χ3n) is 4.82. The van der Waals surface area contributed by atoms with Crippen LogP contribution in [0.25, 0.3) is 11.2 Å². The Labute approximate surface area is 158 Å². The fourth-order valence-electron chi connectivity index (χ4n) is 3.31. The summed E-state index contributed by atoms with van der Waals surface area (Å²) >= 11 is 1.55. The van der Waals surface area contributed by atoms with Crippen molar-refractivity contribution in [3.8, 4) is 0 Å². The molecule has 3 heterocycles. The normalized spacial score (nSPS) is 13.7. The van der Waals surface area contributed by atoms with Crippen molar-refractivity contribution < 1.29 is 4.79 Å². The Morgan fingerprint density at radius 3 is 2.74 bits per heavy atom. The number of hydrogen-bond donors (Lipinski definition) is 2. The van der Waals surface area contributed by atoms with E-state index in [4.69, 9.17) is 0 Å². The van der Waals surface area contributed by atoms with Gasteiger partial charge in [-0.2, -0.15) is 0 Å². The minimum absolute atomic E-state index is 0.150. The third-order valence-corrected chi connectivity index (χ3v) is 5.90. The van der Waals surface area contributed by atoms with E-state index in [9.17, 15) is 14.4 Å². The fourth-order valence-corrected chi connectivity index (χ4v) is 4.38. The Kier molecular flexibility index (Phi) is 4.42. The first-order chi connectivity index (χ1) is 12.9. The molecule has 1 aliphatic rings. The molecule has 3 aromatic rings. The largest absolute Gasteiger partial charge is 0.336 e. The highest BCUT2D eigenvalue weighted by molar-refractivity contribution is 7.15. The van der Waals surface area contributed by atoms with Gasteiger partial charge in [0.2, 0.25) is 5.91 Å². The van der Waals surface area contributed by atoms with Gasteiger partial charge in [0, 0.05) is 31.8 Å². The molecule has 1 amide bonds. The van der Waals surface area contributed by atoms with E-state index in [1.54, 1.807) is 18.4 Å². The van der Waals surface area contributed by atoms with Gasteiger partial charge in [-0.3, -0.25) is 18.7 Å². The molecule has 9 nitrogen and oxygen atoms in total. The quantitative estimate of drug-likeness (QED) is 0.688. The van der Waals surface area contributed by atoms with Gasteiger partial charge in [0.25, 0.3) is 5.56 Å². The molecule has 0 saturated carbocycles. The summed E-state index contributed by atoms with van der Waals surface area (Å²) in [5, 5.41) is 3.50. The molecule has 0 radical (unpaired) electrons. The van der Waals surface area contributed by atoms with Crippen LogP contribution in [0.4, 0.5) is 5.13 Å². The van der Waals surface area contributed by atoms with Crippen LogP contribution in [0.2, 0.25) is 0 Å². The van der Waals surface area contributed by atoms with Gasteiger partial charge in [-0.1, -0.05) is 0 Å². The summed E-state index contributed by atoms with van der Waals surface area (Å²) in [5.74, 6) is 0.347. The van der Waals surface area contributed by atoms with E-state index in [1.165, 1.54) is 22.9 Å². The van der Waals surface area contributed by atoms with Crippen molar-refractivity contribution in [1.29, 1.82) is 0 Å². The van der Waals surface area contributed by atoms with Gasteiger partial charge in [0.05, 0.1) is 5.69 Å². The summed E-state index contributed by atoms with van der Waals surface area (Å²) < 4.78 is 2.35. The molecule has 10 heteroatoms. The van der Waals surface area contributed by atoms with E-state index in [2.05, 4.69) is 20.3 Å². The molecule has 0 unspecified atom stereocenters. The molecule has 1 aliphatic carbocycles. The lowest BCUT2D eigenvalue weighted by Crippen LogP contribution is -2.36. The van der Waals surface area contributed by atoms with Crippen LogP contribution in [-0.4, -0.2) is 30.0 Å². The number of rotatable bonds is 4. The molecule has 0 atom stereocenters. The van der Waals surface area contributed by atoms with Gasteiger partial charge in [0.15, 0.2) is 10.8 Å². The highest BCUT2D eigenvalue weighted by atomic mass is 32.1. The molecule has 142 valence electrons. The number of aromatic amines is 1. The summed E-state index contributed by atoms with van der Waals surface area (Å²) in [6.07, 6.45) is 4.89. The Morgan fingerprint density at radius 2 is 1.96 bits per heavy atom. The third kappa shape index (κ3) is 3.20. The molecular weight excluding hydrogens is 368 g/mol. The van der Waals surface area contributed by atoms with E-state index in [1.807, 2.05) is 0 Å². The first kappa shape index (κ1) is 17.7. The number of carbonyl (C=O) groups excluding carboxylic acids is 1. The van der Waals surface area contributed by atoms with Crippen LogP contribution in [0, 0.1) is 0 Å². The number of anilines is 1. The number of carbonyl (C=O) groups is 1. The fraction of sp³-hybridized carbons (Fsp3) is 0.471. The van der Waals surface area contributed by atoms with Crippen LogP contribution in [0.3, 0.4) is 0 Å². The summed E-state index contributed by atoms with van der Waals surface area (Å²) in [6, 6.07) is 0. The SMILES string of the molecule is Cn1c(=O)c2[nH]c(CCC(=O)Nc3nc4c(s3)CCCC4)nc2n(C)c1=O. The van der Waals surface area contributed by atoms with Crippen LogP contribution in [-0.2, 0) is 38.2 Å². The van der Waals surface area contributed by atoms with E-state index >= 15 is 0 Å². The van der Waals surface area contributed by atoms with E-state index < -0.39 is 11.2 Å². The van der Waals surface area contributed by atoms with Gasteiger partial charge in [-0.05, 0) is 25.7 Å². The van der Waals surface area contributed by atoms with Crippen LogP contribution >= 0.6 is 11.3 Å². The number of fused-ring (bicyclic) bond motifs is 2. The molecule has 27 heavy (non-hydrogen) atoms. The smallest absolute Gasteiger partial charge is 0.332 e. The predicted molar refractivity (Wildman–Crippen MR) is 102 cm³/mol. The number of H-pyrrole nitrogens is 1. The zero-order valence-corrected chi connectivity index (χ0v) is 16.0. The van der Waals surface area contributed by atoms with Gasteiger partial charge in [-0.15, -0.1) is 11.3 Å². The standard InChI is InChI=1S/C17H20N6O3S/c1-22-14-13(15(25)23(2)17(22)26)19-11(20-14)7-8-12(24)21-16-18-9-5-3-4-6-10(9)27-16/h3-8H2,1-2H3,(H,19,20)(H,18,21,24). The lowest BCUT2D eigenvalue weighted by atomic mass is 10.0. The number of thiazole rings is 1. The summed E-state index contributed by atoms with van der Waals surface area (Å²) in [4.78, 5) is 49.4. The van der Waals surface area contributed by atoms with E-state index in [0.717, 1.165) is 29.5 Å². The van der Waals surface area contributed by atoms with Crippen molar-refractivity contribution >= 4 is 33.5 Å². The molecule has 2 N–H and O–H groups in total. The first-order valence-corrected chi connectivity index (χ1v) is 9.68. The van der Waals surface area contributed by atoms with Gasteiger partial charge >= 0.3 is 5.69 Å². The second kappa shape index (κ2) is 6.76. The lowest BCUT2D eigenvalue weighted by Gasteiger charge is -2.06. The average molecular weight is 388 g/mol. The molecule has 0 bridgehead atoms. The zero-order valence-electron chi connectivity index (χ0n) is 15.2. The number of nitrogens with one attached hydrogen (secondary N) is 2. The first-order valence-electron chi connectivity index (χ1n) is 8.87. The highest BCUT2D eigenvalue weighted by Gasteiger charge is 2.17. The number of aryl methyl sites for hydroxylation is 4. The van der Waals surface area contributed by atoms with Crippen LogP contribution in [0.1, 0.15) is 35.7 Å². The van der Waals surface area contributed by atoms with Gasteiger partial charge in [-0.25, -0.2) is 14.8 Å². The zero-order chi connectivity index (χ0) is 19.1. The number of imidazole rings is 1. The van der Waals surface area contributed by atoms with Gasteiger partial charge in [0.1, 0.15) is 11.3 Å². The molecule has 0 fully saturated rings.